The summed E-state index contributed by atoms with van der Waals surface area (Å²) in [6, 6.07) is 6.53. The molecule has 0 fully saturated rings. The maximum atomic E-state index is 11.3. The lowest BCUT2D eigenvalue weighted by Crippen LogP contribution is -2.11. The van der Waals surface area contributed by atoms with Gasteiger partial charge in [-0.15, -0.1) is 0 Å². The Kier molecular flexibility index (Phi) is 4.12. The fourth-order valence-corrected chi connectivity index (χ4v) is 1.09. The monoisotopic (exact) mass is 222 g/mol. The molecule has 1 aromatic carbocycles. The summed E-state index contributed by atoms with van der Waals surface area (Å²) in [6.07, 6.45) is 0.184. The molecular formula is C11H10O3S. The summed E-state index contributed by atoms with van der Waals surface area (Å²) in [5, 5.41) is 1.51. The van der Waals surface area contributed by atoms with Crippen LogP contribution in [0.5, 0.6) is 0 Å². The predicted octanol–water partition coefficient (Wildman–Crippen LogP) is 2.13. The second-order valence-electron chi connectivity index (χ2n) is 2.85. The third kappa shape index (κ3) is 3.25. The molecule has 0 aliphatic heterocycles. The van der Waals surface area contributed by atoms with Crippen LogP contribution in [-0.4, -0.2) is 17.3 Å². The van der Waals surface area contributed by atoms with Crippen LogP contribution in [0, 0.1) is 0 Å². The van der Waals surface area contributed by atoms with Crippen LogP contribution in [0.4, 0.5) is 0 Å². The number of rotatable bonds is 3. The highest BCUT2D eigenvalue weighted by molar-refractivity contribution is 7.79. The first-order chi connectivity index (χ1) is 7.17. The van der Waals surface area contributed by atoms with Crippen LogP contribution in [0.25, 0.3) is 0 Å². The molecule has 0 bridgehead atoms. The van der Waals surface area contributed by atoms with Crippen LogP contribution in [0.15, 0.2) is 24.3 Å². The minimum absolute atomic E-state index is 0.184. The SMILES string of the molecule is CCC(=O)OC(=O)c1ccc(C=S)cc1. The topological polar surface area (TPSA) is 43.4 Å². The van der Waals surface area contributed by atoms with Crippen LogP contribution in [0.1, 0.15) is 29.3 Å². The molecule has 0 amide bonds. The largest absolute Gasteiger partial charge is 0.389 e. The quantitative estimate of drug-likeness (QED) is 0.446. The van der Waals surface area contributed by atoms with Gasteiger partial charge in [0.05, 0.1) is 5.56 Å². The number of ether oxygens (including phenoxy) is 1. The minimum atomic E-state index is -0.627. The molecule has 0 unspecified atom stereocenters. The Morgan fingerprint density at radius 1 is 1.33 bits per heavy atom. The molecule has 0 N–H and O–H groups in total. The van der Waals surface area contributed by atoms with E-state index in [4.69, 9.17) is 12.2 Å². The van der Waals surface area contributed by atoms with Gasteiger partial charge in [0.2, 0.25) is 0 Å². The molecule has 0 radical (unpaired) electrons. The molecule has 0 aromatic heterocycles. The molecule has 15 heavy (non-hydrogen) atoms. The van der Waals surface area contributed by atoms with Crippen LogP contribution >= 0.6 is 12.2 Å². The summed E-state index contributed by atoms with van der Waals surface area (Å²) in [5.41, 5.74) is 1.18. The Hall–Kier alpha value is -1.55. The predicted molar refractivity (Wildman–Crippen MR) is 59.9 cm³/mol. The zero-order valence-corrected chi connectivity index (χ0v) is 9.04. The summed E-state index contributed by atoms with van der Waals surface area (Å²) < 4.78 is 4.54. The molecule has 1 rings (SSSR count). The molecular weight excluding hydrogens is 212 g/mol. The first kappa shape index (κ1) is 11.5. The lowest BCUT2D eigenvalue weighted by Gasteiger charge is -2.01. The number of thiocarbonyl (C=S) groups is 1. The Morgan fingerprint density at radius 3 is 2.40 bits per heavy atom. The Morgan fingerprint density at radius 2 is 1.93 bits per heavy atom. The summed E-state index contributed by atoms with van der Waals surface area (Å²) in [4.78, 5) is 22.2. The van der Waals surface area contributed by atoms with Crippen molar-refractivity contribution in [1.82, 2.24) is 0 Å². The number of esters is 2. The summed E-state index contributed by atoms with van der Waals surface area (Å²) in [7, 11) is 0. The van der Waals surface area contributed by atoms with Gasteiger partial charge in [-0.05, 0) is 17.7 Å². The van der Waals surface area contributed by atoms with E-state index < -0.39 is 11.9 Å². The molecule has 0 spiro atoms. The average molecular weight is 222 g/mol. The molecule has 3 nitrogen and oxygen atoms in total. The smallest absolute Gasteiger partial charge is 0.345 e. The minimum Gasteiger partial charge on any atom is -0.389 e. The third-order valence-electron chi connectivity index (χ3n) is 1.78. The van der Waals surface area contributed by atoms with Crippen molar-refractivity contribution in [1.29, 1.82) is 0 Å². The Balaban J connectivity index is 2.74. The van der Waals surface area contributed by atoms with Crippen molar-refractivity contribution in [2.75, 3.05) is 0 Å². The van der Waals surface area contributed by atoms with E-state index in [9.17, 15) is 9.59 Å². The van der Waals surface area contributed by atoms with Gasteiger partial charge < -0.3 is 4.74 Å². The van der Waals surface area contributed by atoms with Crippen LogP contribution in [0.2, 0.25) is 0 Å². The van der Waals surface area contributed by atoms with Gasteiger partial charge in [0.1, 0.15) is 0 Å². The average Bonchev–Trinajstić information content (AvgIpc) is 2.29. The van der Waals surface area contributed by atoms with Gasteiger partial charge >= 0.3 is 11.9 Å². The summed E-state index contributed by atoms with van der Waals surface area (Å²) in [6.45, 7) is 1.63. The number of carbonyl (C=O) groups excluding carboxylic acids is 2. The van der Waals surface area contributed by atoms with Gasteiger partial charge in [-0.1, -0.05) is 31.3 Å². The second-order valence-corrected chi connectivity index (χ2v) is 3.09. The molecule has 0 atom stereocenters. The number of benzene rings is 1. The van der Waals surface area contributed by atoms with E-state index in [0.29, 0.717) is 5.56 Å². The fourth-order valence-electron chi connectivity index (χ4n) is 0.932. The highest BCUT2D eigenvalue weighted by Gasteiger charge is 2.10. The maximum Gasteiger partial charge on any atom is 0.345 e. The first-order valence-electron chi connectivity index (χ1n) is 4.47. The zero-order chi connectivity index (χ0) is 11.3. The standard InChI is InChI=1S/C11H10O3S/c1-2-10(12)14-11(13)9-5-3-8(7-15)4-6-9/h3-7H,2H2,1H3. The normalized spacial score (nSPS) is 9.40. The van der Waals surface area contributed by atoms with E-state index in [-0.39, 0.29) is 6.42 Å². The van der Waals surface area contributed by atoms with Crippen molar-refractivity contribution in [3.05, 3.63) is 35.4 Å². The van der Waals surface area contributed by atoms with Gasteiger partial charge in [-0.3, -0.25) is 4.79 Å². The van der Waals surface area contributed by atoms with Gasteiger partial charge in [0.15, 0.2) is 0 Å². The second kappa shape index (κ2) is 5.36. The number of hydrogen-bond acceptors (Lipinski definition) is 4. The van der Waals surface area contributed by atoms with Crippen molar-refractivity contribution < 1.29 is 14.3 Å². The van der Waals surface area contributed by atoms with Gasteiger partial charge in [-0.2, -0.15) is 0 Å². The lowest BCUT2D eigenvalue weighted by molar-refractivity contribution is -0.137. The van der Waals surface area contributed by atoms with E-state index in [1.54, 1.807) is 31.2 Å². The molecule has 0 aliphatic carbocycles. The van der Waals surface area contributed by atoms with Crippen LogP contribution in [-0.2, 0) is 9.53 Å². The van der Waals surface area contributed by atoms with Crippen molar-refractivity contribution in [2.45, 2.75) is 13.3 Å². The Labute approximate surface area is 93.1 Å². The molecule has 1 aromatic rings. The fraction of sp³-hybridized carbons (Fsp3) is 0.182. The summed E-state index contributed by atoms with van der Waals surface area (Å²) >= 11 is 4.72. The molecule has 0 saturated heterocycles. The van der Waals surface area contributed by atoms with E-state index in [2.05, 4.69) is 4.74 Å². The van der Waals surface area contributed by atoms with E-state index >= 15 is 0 Å². The van der Waals surface area contributed by atoms with Crippen molar-refractivity contribution in [2.24, 2.45) is 0 Å². The van der Waals surface area contributed by atoms with Gasteiger partial charge in [-0.25, -0.2) is 4.79 Å². The van der Waals surface area contributed by atoms with E-state index in [0.717, 1.165) is 5.56 Å². The van der Waals surface area contributed by atoms with Crippen LogP contribution < -0.4 is 0 Å². The van der Waals surface area contributed by atoms with Crippen molar-refractivity contribution in [3.63, 3.8) is 0 Å². The molecule has 78 valence electrons. The zero-order valence-electron chi connectivity index (χ0n) is 8.23. The number of hydrogen-bond donors (Lipinski definition) is 0. The van der Waals surface area contributed by atoms with Gasteiger partial charge in [0.25, 0.3) is 0 Å². The molecule has 0 saturated carbocycles. The highest BCUT2D eigenvalue weighted by Crippen LogP contribution is 2.05. The molecule has 0 aliphatic rings. The molecule has 0 heterocycles. The highest BCUT2D eigenvalue weighted by atomic mass is 32.1. The number of carbonyl (C=O) groups is 2. The van der Waals surface area contributed by atoms with Crippen molar-refractivity contribution in [3.8, 4) is 0 Å². The third-order valence-corrected chi connectivity index (χ3v) is 2.05. The van der Waals surface area contributed by atoms with Gasteiger partial charge in [0, 0.05) is 11.8 Å². The Bertz CT molecular complexity index is 381. The van der Waals surface area contributed by atoms with E-state index in [1.165, 1.54) is 5.37 Å². The molecule has 4 heteroatoms. The summed E-state index contributed by atoms with van der Waals surface area (Å²) in [5.74, 6) is -1.16. The lowest BCUT2D eigenvalue weighted by atomic mass is 10.1. The first-order valence-corrected chi connectivity index (χ1v) is 4.94. The van der Waals surface area contributed by atoms with Crippen molar-refractivity contribution >= 4 is 29.5 Å². The van der Waals surface area contributed by atoms with Crippen LogP contribution in [0.3, 0.4) is 0 Å². The van der Waals surface area contributed by atoms with E-state index in [1.807, 2.05) is 0 Å². The maximum absolute atomic E-state index is 11.3.